The molecule has 0 saturated carbocycles. The van der Waals surface area contributed by atoms with Crippen LogP contribution in [-0.2, 0) is 0 Å². The third-order valence-electron chi connectivity index (χ3n) is 2.64. The average molecular weight is 230 g/mol. The number of nitrogen functional groups attached to an aromatic ring is 1. The molecule has 88 valence electrons. The van der Waals surface area contributed by atoms with E-state index >= 15 is 0 Å². The smallest absolute Gasteiger partial charge is 0.258 e. The zero-order valence-electron chi connectivity index (χ0n) is 9.78. The Morgan fingerprint density at radius 1 is 1.29 bits per heavy atom. The number of hydrogen-bond acceptors (Lipinski definition) is 3. The minimum atomic E-state index is -0.204. The largest absolute Gasteiger partial charge is 0.472 e. The third kappa shape index (κ3) is 2.30. The van der Waals surface area contributed by atoms with Crippen molar-refractivity contribution in [2.45, 2.75) is 13.8 Å². The van der Waals surface area contributed by atoms with Gasteiger partial charge in [-0.3, -0.25) is 4.79 Å². The quantitative estimate of drug-likeness (QED) is 0.779. The molecule has 17 heavy (non-hydrogen) atoms. The molecule has 0 aliphatic carbocycles. The summed E-state index contributed by atoms with van der Waals surface area (Å²) >= 11 is 0. The zero-order chi connectivity index (χ0) is 12.4. The molecule has 2 rings (SSSR count). The van der Waals surface area contributed by atoms with Gasteiger partial charge < -0.3 is 15.5 Å². The Kier molecular flexibility index (Phi) is 2.87. The molecule has 2 aromatic rings. The lowest BCUT2D eigenvalue weighted by molar-refractivity contribution is 0.102. The van der Waals surface area contributed by atoms with E-state index in [2.05, 4.69) is 5.32 Å². The maximum atomic E-state index is 11.8. The van der Waals surface area contributed by atoms with E-state index in [-0.39, 0.29) is 5.91 Å². The molecule has 4 nitrogen and oxygen atoms in total. The van der Waals surface area contributed by atoms with Crippen LogP contribution in [0.3, 0.4) is 0 Å². The fraction of sp³-hybridized carbons (Fsp3) is 0.154. The van der Waals surface area contributed by atoms with Gasteiger partial charge in [0.05, 0.1) is 11.8 Å². The summed E-state index contributed by atoms with van der Waals surface area (Å²) in [5, 5.41) is 2.80. The highest BCUT2D eigenvalue weighted by Gasteiger charge is 2.09. The van der Waals surface area contributed by atoms with Gasteiger partial charge in [0.2, 0.25) is 0 Å². The van der Waals surface area contributed by atoms with Crippen LogP contribution < -0.4 is 11.1 Å². The number of nitrogens with two attached hydrogens (primary N) is 1. The highest BCUT2D eigenvalue weighted by atomic mass is 16.3. The van der Waals surface area contributed by atoms with Crippen molar-refractivity contribution in [3.8, 4) is 0 Å². The van der Waals surface area contributed by atoms with Gasteiger partial charge in [-0.15, -0.1) is 0 Å². The highest BCUT2D eigenvalue weighted by Crippen LogP contribution is 2.22. The lowest BCUT2D eigenvalue weighted by atomic mass is 10.1. The van der Waals surface area contributed by atoms with Gasteiger partial charge in [-0.1, -0.05) is 6.07 Å². The molecule has 0 saturated heterocycles. The van der Waals surface area contributed by atoms with Gasteiger partial charge in [0.15, 0.2) is 0 Å². The van der Waals surface area contributed by atoms with Gasteiger partial charge in [-0.2, -0.15) is 0 Å². The first-order valence-corrected chi connectivity index (χ1v) is 5.28. The van der Waals surface area contributed by atoms with Crippen LogP contribution >= 0.6 is 0 Å². The molecular formula is C13H14N2O2. The number of amides is 1. The van der Waals surface area contributed by atoms with Crippen molar-refractivity contribution < 1.29 is 9.21 Å². The first-order chi connectivity index (χ1) is 8.08. The molecule has 1 aromatic carbocycles. The Labute approximate surface area is 99.4 Å². The Balaban J connectivity index is 2.25. The fourth-order valence-electron chi connectivity index (χ4n) is 1.59. The molecule has 0 bridgehead atoms. The summed E-state index contributed by atoms with van der Waals surface area (Å²) in [6.07, 6.45) is 2.87. The molecule has 1 heterocycles. The lowest BCUT2D eigenvalue weighted by Gasteiger charge is -2.10. The van der Waals surface area contributed by atoms with Crippen molar-refractivity contribution >= 4 is 17.3 Å². The molecule has 0 aliphatic heterocycles. The summed E-state index contributed by atoms with van der Waals surface area (Å²) in [6.45, 7) is 3.86. The van der Waals surface area contributed by atoms with E-state index in [0.29, 0.717) is 11.3 Å². The van der Waals surface area contributed by atoms with Crippen LogP contribution in [0.1, 0.15) is 21.5 Å². The second kappa shape index (κ2) is 4.33. The Hall–Kier alpha value is -2.23. The predicted molar refractivity (Wildman–Crippen MR) is 67.0 cm³/mol. The second-order valence-corrected chi connectivity index (χ2v) is 3.99. The maximum Gasteiger partial charge on any atom is 0.258 e. The monoisotopic (exact) mass is 230 g/mol. The molecule has 1 aromatic heterocycles. The van der Waals surface area contributed by atoms with Crippen LogP contribution in [0.2, 0.25) is 0 Å². The summed E-state index contributed by atoms with van der Waals surface area (Å²) in [6, 6.07) is 5.32. The summed E-state index contributed by atoms with van der Waals surface area (Å²) in [4.78, 5) is 11.8. The Morgan fingerprint density at radius 2 is 2.06 bits per heavy atom. The predicted octanol–water partition coefficient (Wildman–Crippen LogP) is 2.73. The summed E-state index contributed by atoms with van der Waals surface area (Å²) in [5.74, 6) is -0.204. The number of hydrogen-bond donors (Lipinski definition) is 2. The second-order valence-electron chi connectivity index (χ2n) is 3.99. The van der Waals surface area contributed by atoms with Crippen molar-refractivity contribution in [3.05, 3.63) is 47.4 Å². The minimum Gasteiger partial charge on any atom is -0.472 e. The van der Waals surface area contributed by atoms with Crippen molar-refractivity contribution in [1.82, 2.24) is 0 Å². The number of anilines is 2. The number of aryl methyl sites for hydroxylation is 2. The fourth-order valence-corrected chi connectivity index (χ4v) is 1.59. The van der Waals surface area contributed by atoms with Gasteiger partial charge >= 0.3 is 0 Å². The van der Waals surface area contributed by atoms with Crippen molar-refractivity contribution in [1.29, 1.82) is 0 Å². The minimum absolute atomic E-state index is 0.204. The van der Waals surface area contributed by atoms with Gasteiger partial charge in [-0.25, -0.2) is 0 Å². The first kappa shape index (κ1) is 11.3. The van der Waals surface area contributed by atoms with E-state index in [4.69, 9.17) is 10.2 Å². The molecule has 0 radical (unpaired) electrons. The van der Waals surface area contributed by atoms with E-state index in [0.717, 1.165) is 16.8 Å². The number of carbonyl (C=O) groups excluding carboxylic acids is 1. The molecule has 0 spiro atoms. The Bertz CT molecular complexity index is 545. The lowest BCUT2D eigenvalue weighted by Crippen LogP contribution is -2.12. The van der Waals surface area contributed by atoms with Crippen molar-refractivity contribution in [2.24, 2.45) is 0 Å². The molecule has 0 atom stereocenters. The molecule has 3 N–H and O–H groups in total. The molecule has 0 aliphatic rings. The van der Waals surface area contributed by atoms with Gasteiger partial charge in [-0.05, 0) is 37.1 Å². The number of carbonyl (C=O) groups is 1. The average Bonchev–Trinajstić information content (AvgIpc) is 2.79. The highest BCUT2D eigenvalue weighted by molar-refractivity contribution is 6.04. The third-order valence-corrected chi connectivity index (χ3v) is 2.64. The van der Waals surface area contributed by atoms with Crippen molar-refractivity contribution in [3.63, 3.8) is 0 Å². The topological polar surface area (TPSA) is 68.3 Å². The van der Waals surface area contributed by atoms with Gasteiger partial charge in [0, 0.05) is 11.4 Å². The SMILES string of the molecule is Cc1cc(C)c(NC(=O)c2ccoc2)cc1N. The van der Waals surface area contributed by atoms with Gasteiger partial charge in [0.1, 0.15) is 6.26 Å². The molecule has 1 amide bonds. The number of benzene rings is 1. The summed E-state index contributed by atoms with van der Waals surface area (Å²) < 4.78 is 4.86. The standard InChI is InChI=1S/C13H14N2O2/c1-8-5-9(2)12(6-11(8)14)15-13(16)10-3-4-17-7-10/h3-7H,14H2,1-2H3,(H,15,16). The summed E-state index contributed by atoms with van der Waals surface area (Å²) in [7, 11) is 0. The zero-order valence-corrected chi connectivity index (χ0v) is 9.78. The van der Waals surface area contributed by atoms with E-state index in [1.165, 1.54) is 12.5 Å². The van der Waals surface area contributed by atoms with E-state index in [1.54, 1.807) is 12.1 Å². The van der Waals surface area contributed by atoms with Crippen molar-refractivity contribution in [2.75, 3.05) is 11.1 Å². The van der Waals surface area contributed by atoms with E-state index < -0.39 is 0 Å². The van der Waals surface area contributed by atoms with Crippen LogP contribution in [0.15, 0.2) is 35.1 Å². The molecule has 4 heteroatoms. The normalized spacial score (nSPS) is 10.2. The number of rotatable bonds is 2. The van der Waals surface area contributed by atoms with Crippen LogP contribution in [-0.4, -0.2) is 5.91 Å². The maximum absolute atomic E-state index is 11.8. The first-order valence-electron chi connectivity index (χ1n) is 5.28. The van der Waals surface area contributed by atoms with E-state index in [9.17, 15) is 4.79 Å². The molecule has 0 unspecified atom stereocenters. The van der Waals surface area contributed by atoms with Crippen LogP contribution in [0.25, 0.3) is 0 Å². The van der Waals surface area contributed by atoms with Crippen LogP contribution in [0.4, 0.5) is 11.4 Å². The van der Waals surface area contributed by atoms with Crippen LogP contribution in [0, 0.1) is 13.8 Å². The summed E-state index contributed by atoms with van der Waals surface area (Å²) in [5.41, 5.74) is 9.67. The van der Waals surface area contributed by atoms with Gasteiger partial charge in [0.25, 0.3) is 5.91 Å². The van der Waals surface area contributed by atoms with E-state index in [1.807, 2.05) is 19.9 Å². The number of furan rings is 1. The number of nitrogens with one attached hydrogen (secondary N) is 1. The van der Waals surface area contributed by atoms with Crippen LogP contribution in [0.5, 0.6) is 0 Å². The molecule has 0 fully saturated rings. The molecular weight excluding hydrogens is 216 g/mol. The Morgan fingerprint density at radius 3 is 2.71 bits per heavy atom.